The molecule has 0 aromatic carbocycles. The molecule has 5 heteroatoms. The minimum absolute atomic E-state index is 0.00632. The fourth-order valence-corrected chi connectivity index (χ4v) is 0.661. The third-order valence-electron chi connectivity index (χ3n) is 1.59. The number of nitrogens with two attached hydrogens (primary N) is 2. The summed E-state index contributed by atoms with van der Waals surface area (Å²) < 4.78 is 0. The molecular weight excluding hydrogens is 120 g/mol. The lowest BCUT2D eigenvalue weighted by Crippen LogP contribution is -2.43. The van der Waals surface area contributed by atoms with Gasteiger partial charge < -0.3 is 0 Å². The summed E-state index contributed by atoms with van der Waals surface area (Å²) in [5.74, 6) is 10.1. The molecule has 0 aliphatic heterocycles. The minimum atomic E-state index is 0.00632. The molecule has 0 bridgehead atoms. The molecule has 9 heavy (non-hydrogen) atoms. The van der Waals surface area contributed by atoms with Crippen molar-refractivity contribution in [3.8, 4) is 0 Å². The first-order valence-corrected chi connectivity index (χ1v) is 2.88. The van der Waals surface area contributed by atoms with Crippen molar-refractivity contribution in [3.63, 3.8) is 0 Å². The molecule has 1 aliphatic rings. The van der Waals surface area contributed by atoms with Crippen LogP contribution in [0.5, 0.6) is 0 Å². The van der Waals surface area contributed by atoms with Gasteiger partial charge in [0.2, 0.25) is 0 Å². The molecule has 1 rings (SSSR count). The first kappa shape index (κ1) is 6.91. The predicted octanol–water partition coefficient (Wildman–Crippen LogP) is -1.62. The number of hydrogen-bond donors (Lipinski definition) is 4. The third-order valence-corrected chi connectivity index (χ3v) is 1.59. The fraction of sp³-hybridized carbons (Fsp3) is 1.00. The first-order valence-electron chi connectivity index (χ1n) is 2.88. The van der Waals surface area contributed by atoms with E-state index in [1.807, 2.05) is 0 Å². The highest BCUT2D eigenvalue weighted by atomic mass is 16.7. The molecule has 1 fully saturated rings. The van der Waals surface area contributed by atoms with E-state index in [-0.39, 0.29) is 5.54 Å². The molecule has 1 aliphatic carbocycles. The molecule has 5 nitrogen and oxygen atoms in total. The molecule has 0 amide bonds. The van der Waals surface area contributed by atoms with Crippen molar-refractivity contribution in [1.29, 1.82) is 0 Å². The van der Waals surface area contributed by atoms with Crippen LogP contribution in [0.2, 0.25) is 0 Å². The van der Waals surface area contributed by atoms with E-state index < -0.39 is 0 Å². The first-order chi connectivity index (χ1) is 4.33. The van der Waals surface area contributed by atoms with Gasteiger partial charge in [0, 0.05) is 0 Å². The lowest BCUT2D eigenvalue weighted by Gasteiger charge is -2.11. The Morgan fingerprint density at radius 1 is 1.44 bits per heavy atom. The zero-order chi connectivity index (χ0) is 6.74. The van der Waals surface area contributed by atoms with Crippen molar-refractivity contribution in [3.05, 3.63) is 0 Å². The maximum Gasteiger partial charge on any atom is 0.0893 e. The van der Waals surface area contributed by atoms with E-state index in [1.165, 1.54) is 0 Å². The monoisotopic (exact) mass is 132 g/mol. The zero-order valence-corrected chi connectivity index (χ0v) is 5.18. The van der Waals surface area contributed by atoms with Gasteiger partial charge in [-0.2, -0.15) is 0 Å². The van der Waals surface area contributed by atoms with Crippen LogP contribution in [0.15, 0.2) is 0 Å². The van der Waals surface area contributed by atoms with Gasteiger partial charge in [-0.05, 0) is 12.8 Å². The van der Waals surface area contributed by atoms with Gasteiger partial charge in [0.05, 0.1) is 12.1 Å². The SMILES string of the molecule is NNOCC1(NN)CC1. The van der Waals surface area contributed by atoms with Gasteiger partial charge in [-0.15, -0.1) is 5.59 Å². The van der Waals surface area contributed by atoms with Crippen molar-refractivity contribution < 1.29 is 4.84 Å². The van der Waals surface area contributed by atoms with Crippen LogP contribution in [0.1, 0.15) is 12.8 Å². The van der Waals surface area contributed by atoms with E-state index in [0.717, 1.165) is 12.8 Å². The van der Waals surface area contributed by atoms with E-state index in [0.29, 0.717) is 6.61 Å². The van der Waals surface area contributed by atoms with Crippen LogP contribution in [0.25, 0.3) is 0 Å². The Kier molecular flexibility index (Phi) is 1.99. The van der Waals surface area contributed by atoms with Gasteiger partial charge in [0.15, 0.2) is 0 Å². The van der Waals surface area contributed by atoms with Gasteiger partial charge in [0.1, 0.15) is 0 Å². The van der Waals surface area contributed by atoms with Crippen molar-refractivity contribution >= 4 is 0 Å². The Morgan fingerprint density at radius 3 is 2.44 bits per heavy atom. The van der Waals surface area contributed by atoms with Crippen LogP contribution in [-0.2, 0) is 4.84 Å². The van der Waals surface area contributed by atoms with Crippen LogP contribution >= 0.6 is 0 Å². The summed E-state index contributed by atoms with van der Waals surface area (Å²) in [4.78, 5) is 4.74. The molecule has 54 valence electrons. The molecule has 0 aromatic rings. The topological polar surface area (TPSA) is 85.3 Å². The summed E-state index contributed by atoms with van der Waals surface area (Å²) in [6, 6.07) is 0. The standard InChI is InChI=1S/C4H12N4O/c5-7-4(1-2-4)3-9-8-6/h7-8H,1-3,5-6H2. The van der Waals surface area contributed by atoms with Crippen molar-refractivity contribution in [1.82, 2.24) is 11.0 Å². The summed E-state index contributed by atoms with van der Waals surface area (Å²) in [6.07, 6.45) is 2.12. The second kappa shape index (κ2) is 2.59. The number of rotatable bonds is 4. The molecular formula is C4H12N4O. The fourth-order valence-electron chi connectivity index (χ4n) is 0.661. The average molecular weight is 132 g/mol. The predicted molar refractivity (Wildman–Crippen MR) is 32.6 cm³/mol. The molecule has 0 spiro atoms. The lowest BCUT2D eigenvalue weighted by molar-refractivity contribution is 0.0208. The van der Waals surface area contributed by atoms with E-state index in [2.05, 4.69) is 11.0 Å². The van der Waals surface area contributed by atoms with Gasteiger partial charge in [0.25, 0.3) is 0 Å². The maximum absolute atomic E-state index is 5.21. The second-order valence-electron chi connectivity index (χ2n) is 2.33. The van der Waals surface area contributed by atoms with Crippen molar-refractivity contribution in [2.24, 2.45) is 11.7 Å². The second-order valence-corrected chi connectivity index (χ2v) is 2.33. The third kappa shape index (κ3) is 1.60. The molecule has 0 aromatic heterocycles. The number of hydrogen-bond acceptors (Lipinski definition) is 5. The molecule has 0 radical (unpaired) electrons. The average Bonchev–Trinajstić information content (AvgIpc) is 2.65. The highest BCUT2D eigenvalue weighted by molar-refractivity contribution is 4.99. The van der Waals surface area contributed by atoms with E-state index in [4.69, 9.17) is 16.5 Å². The Balaban J connectivity index is 2.10. The summed E-state index contributed by atoms with van der Waals surface area (Å²) >= 11 is 0. The normalized spacial score (nSPS) is 22.0. The van der Waals surface area contributed by atoms with Gasteiger partial charge >= 0.3 is 0 Å². The summed E-state index contributed by atoms with van der Waals surface area (Å²) in [5.41, 5.74) is 4.78. The lowest BCUT2D eigenvalue weighted by atomic mass is 10.3. The van der Waals surface area contributed by atoms with Crippen LogP contribution in [0.3, 0.4) is 0 Å². The number of nitrogens with one attached hydrogen (secondary N) is 2. The zero-order valence-electron chi connectivity index (χ0n) is 5.18. The van der Waals surface area contributed by atoms with Gasteiger partial charge in [-0.3, -0.25) is 16.1 Å². The minimum Gasteiger partial charge on any atom is -0.285 e. The molecule has 0 unspecified atom stereocenters. The highest BCUT2D eigenvalue weighted by Crippen LogP contribution is 2.33. The summed E-state index contributed by atoms with van der Waals surface area (Å²) in [5, 5.41) is 0. The quantitative estimate of drug-likeness (QED) is 0.273. The van der Waals surface area contributed by atoms with Crippen molar-refractivity contribution in [2.75, 3.05) is 6.61 Å². The van der Waals surface area contributed by atoms with Crippen molar-refractivity contribution in [2.45, 2.75) is 18.4 Å². The highest BCUT2D eigenvalue weighted by Gasteiger charge is 2.42. The van der Waals surface area contributed by atoms with Crippen LogP contribution in [0, 0.1) is 0 Å². The van der Waals surface area contributed by atoms with Gasteiger partial charge in [-0.1, -0.05) is 0 Å². The van der Waals surface area contributed by atoms with E-state index in [9.17, 15) is 0 Å². The van der Waals surface area contributed by atoms with Crippen LogP contribution in [-0.4, -0.2) is 12.1 Å². The molecule has 6 N–H and O–H groups in total. The summed E-state index contributed by atoms with van der Waals surface area (Å²) in [6.45, 7) is 0.528. The van der Waals surface area contributed by atoms with E-state index >= 15 is 0 Å². The molecule has 0 heterocycles. The molecule has 1 saturated carbocycles. The molecule has 0 saturated heterocycles. The largest absolute Gasteiger partial charge is 0.285 e. The Morgan fingerprint density at radius 2 is 2.11 bits per heavy atom. The van der Waals surface area contributed by atoms with E-state index in [1.54, 1.807) is 0 Å². The maximum atomic E-state index is 5.21. The molecule has 0 atom stereocenters. The number of hydrazine groups is 2. The van der Waals surface area contributed by atoms with Crippen LogP contribution < -0.4 is 22.7 Å². The summed E-state index contributed by atoms with van der Waals surface area (Å²) in [7, 11) is 0. The Bertz CT molecular complexity index is 92.6. The van der Waals surface area contributed by atoms with Crippen LogP contribution in [0.4, 0.5) is 0 Å². The Labute approximate surface area is 53.6 Å². The smallest absolute Gasteiger partial charge is 0.0893 e. The Hall–Kier alpha value is -0.200. The van der Waals surface area contributed by atoms with Gasteiger partial charge in [-0.25, -0.2) is 5.84 Å².